The highest BCUT2D eigenvalue weighted by Gasteiger charge is 2.23. The molecule has 0 unspecified atom stereocenters. The van der Waals surface area contributed by atoms with Gasteiger partial charge in [-0.2, -0.15) is 0 Å². The molecule has 0 radical (unpaired) electrons. The Labute approximate surface area is 145 Å². The van der Waals surface area contributed by atoms with E-state index in [0.29, 0.717) is 11.5 Å². The highest BCUT2D eigenvalue weighted by Crippen LogP contribution is 2.33. The summed E-state index contributed by atoms with van der Waals surface area (Å²) in [6.07, 6.45) is 0. The van der Waals surface area contributed by atoms with Gasteiger partial charge in [0, 0.05) is 0 Å². The molecule has 0 aromatic heterocycles. The number of hydrogen-bond donors (Lipinski definition) is 0. The second-order valence-corrected chi connectivity index (χ2v) is 4.78. The van der Waals surface area contributed by atoms with E-state index in [9.17, 15) is 9.59 Å². The molecule has 2 rings (SSSR count). The third-order valence-electron chi connectivity index (χ3n) is 3.43. The Bertz CT molecular complexity index is 783. The third-order valence-corrected chi connectivity index (χ3v) is 3.43. The Morgan fingerprint density at radius 3 is 2.08 bits per heavy atom. The van der Waals surface area contributed by atoms with Gasteiger partial charge in [0.25, 0.3) is 0 Å². The van der Waals surface area contributed by atoms with E-state index in [-0.39, 0.29) is 22.6 Å². The van der Waals surface area contributed by atoms with E-state index in [2.05, 4.69) is 0 Å². The highest BCUT2D eigenvalue weighted by atomic mass is 16.6. The maximum Gasteiger partial charge on any atom is 0.347 e. The number of carbonyl (C=O) groups excluding carboxylic acids is 2. The van der Waals surface area contributed by atoms with E-state index < -0.39 is 11.9 Å². The molecule has 2 aromatic rings. The van der Waals surface area contributed by atoms with Crippen LogP contribution in [0, 0.1) is 0 Å². The van der Waals surface area contributed by atoms with Gasteiger partial charge in [-0.15, -0.1) is 0 Å². The first-order valence-electron chi connectivity index (χ1n) is 7.25. The van der Waals surface area contributed by atoms with Crippen LogP contribution in [0.15, 0.2) is 36.4 Å². The summed E-state index contributed by atoms with van der Waals surface area (Å²) < 4.78 is 25.6. The van der Waals surface area contributed by atoms with Gasteiger partial charge in [0.05, 0.1) is 28.4 Å². The molecule has 0 spiro atoms. The van der Waals surface area contributed by atoms with Crippen molar-refractivity contribution in [2.45, 2.75) is 0 Å². The summed E-state index contributed by atoms with van der Waals surface area (Å²) in [6.45, 7) is 0. The average Bonchev–Trinajstić information content (AvgIpc) is 2.66. The van der Waals surface area contributed by atoms with Crippen LogP contribution in [0.4, 0.5) is 0 Å². The number of rotatable bonds is 6. The summed E-state index contributed by atoms with van der Waals surface area (Å²) in [5.74, 6) is -0.434. The molecule has 0 saturated heterocycles. The van der Waals surface area contributed by atoms with Gasteiger partial charge in [0.15, 0.2) is 11.5 Å². The van der Waals surface area contributed by atoms with Gasteiger partial charge >= 0.3 is 11.9 Å². The standard InChI is InChI=1S/C18H18O7/c1-21-11-8-9-14(22-2)13(10-11)18(20)25-16-12(17(19)24-4)6-5-7-15(16)23-3/h5-10H,1-4H3. The Kier molecular flexibility index (Phi) is 5.84. The zero-order valence-electron chi connectivity index (χ0n) is 14.3. The fourth-order valence-electron chi connectivity index (χ4n) is 2.17. The molecule has 0 atom stereocenters. The van der Waals surface area contributed by atoms with Gasteiger partial charge in [0.1, 0.15) is 22.6 Å². The van der Waals surface area contributed by atoms with Gasteiger partial charge in [-0.05, 0) is 30.3 Å². The number of carbonyl (C=O) groups is 2. The summed E-state index contributed by atoms with van der Waals surface area (Å²) in [5.41, 5.74) is 0.209. The molecule has 0 aliphatic carbocycles. The van der Waals surface area contributed by atoms with Crippen molar-refractivity contribution < 1.29 is 33.3 Å². The third kappa shape index (κ3) is 3.82. The lowest BCUT2D eigenvalue weighted by molar-refractivity contribution is 0.0591. The van der Waals surface area contributed by atoms with Crippen LogP contribution in [0.5, 0.6) is 23.0 Å². The van der Waals surface area contributed by atoms with Crippen molar-refractivity contribution in [3.05, 3.63) is 47.5 Å². The number of para-hydroxylation sites is 1. The van der Waals surface area contributed by atoms with E-state index in [1.165, 1.54) is 40.6 Å². The van der Waals surface area contributed by atoms with E-state index in [0.717, 1.165) is 0 Å². The number of hydrogen-bond acceptors (Lipinski definition) is 7. The molecule has 2 aromatic carbocycles. The lowest BCUT2D eigenvalue weighted by Crippen LogP contribution is -2.14. The molecule has 0 aliphatic heterocycles. The van der Waals surface area contributed by atoms with Crippen molar-refractivity contribution >= 4 is 11.9 Å². The van der Waals surface area contributed by atoms with Crippen molar-refractivity contribution in [1.29, 1.82) is 0 Å². The molecule has 0 fully saturated rings. The summed E-state index contributed by atoms with van der Waals surface area (Å²) in [4.78, 5) is 24.6. The van der Waals surface area contributed by atoms with Crippen LogP contribution in [0.25, 0.3) is 0 Å². The molecule has 7 nitrogen and oxygen atoms in total. The zero-order chi connectivity index (χ0) is 18.4. The quantitative estimate of drug-likeness (QED) is 0.587. The number of benzene rings is 2. The molecule has 0 saturated carbocycles. The minimum absolute atomic E-state index is 0.0354. The Morgan fingerprint density at radius 2 is 1.48 bits per heavy atom. The summed E-state index contributed by atoms with van der Waals surface area (Å²) >= 11 is 0. The van der Waals surface area contributed by atoms with Gasteiger partial charge in [-0.3, -0.25) is 0 Å². The van der Waals surface area contributed by atoms with E-state index in [1.807, 2.05) is 0 Å². The van der Waals surface area contributed by atoms with Gasteiger partial charge in [-0.25, -0.2) is 9.59 Å². The second-order valence-electron chi connectivity index (χ2n) is 4.78. The normalized spacial score (nSPS) is 9.92. The smallest absolute Gasteiger partial charge is 0.347 e. The van der Waals surface area contributed by atoms with Gasteiger partial charge in [-0.1, -0.05) is 6.07 Å². The number of methoxy groups -OCH3 is 4. The molecule has 132 valence electrons. The van der Waals surface area contributed by atoms with E-state index in [4.69, 9.17) is 23.7 Å². The van der Waals surface area contributed by atoms with Crippen molar-refractivity contribution in [3.8, 4) is 23.0 Å². The fourth-order valence-corrected chi connectivity index (χ4v) is 2.17. The molecule has 0 bridgehead atoms. The molecular weight excluding hydrogens is 328 g/mol. The first-order valence-corrected chi connectivity index (χ1v) is 7.25. The summed E-state index contributed by atoms with van der Waals surface area (Å²) in [5, 5.41) is 0. The maximum atomic E-state index is 12.6. The van der Waals surface area contributed by atoms with Crippen LogP contribution in [0.3, 0.4) is 0 Å². The molecule has 0 aliphatic rings. The van der Waals surface area contributed by atoms with Crippen molar-refractivity contribution in [2.75, 3.05) is 28.4 Å². The van der Waals surface area contributed by atoms with Crippen LogP contribution in [-0.4, -0.2) is 40.4 Å². The van der Waals surface area contributed by atoms with Gasteiger partial charge < -0.3 is 23.7 Å². The molecule has 0 N–H and O–H groups in total. The Balaban J connectivity index is 2.46. The van der Waals surface area contributed by atoms with E-state index in [1.54, 1.807) is 24.3 Å². The zero-order valence-corrected chi connectivity index (χ0v) is 14.3. The summed E-state index contributed by atoms with van der Waals surface area (Å²) in [6, 6.07) is 9.35. The van der Waals surface area contributed by atoms with Crippen LogP contribution >= 0.6 is 0 Å². The number of ether oxygens (including phenoxy) is 5. The van der Waals surface area contributed by atoms with Crippen molar-refractivity contribution in [1.82, 2.24) is 0 Å². The summed E-state index contributed by atoms with van der Waals surface area (Å²) in [7, 11) is 5.55. The molecule has 7 heteroatoms. The predicted molar refractivity (Wildman–Crippen MR) is 88.8 cm³/mol. The van der Waals surface area contributed by atoms with Crippen LogP contribution in [0.1, 0.15) is 20.7 Å². The fraction of sp³-hybridized carbons (Fsp3) is 0.222. The van der Waals surface area contributed by atoms with Crippen LogP contribution in [0.2, 0.25) is 0 Å². The predicted octanol–water partition coefficient (Wildman–Crippen LogP) is 2.72. The minimum Gasteiger partial charge on any atom is -0.497 e. The Morgan fingerprint density at radius 1 is 0.760 bits per heavy atom. The topological polar surface area (TPSA) is 80.3 Å². The first-order chi connectivity index (χ1) is 12.0. The molecule has 25 heavy (non-hydrogen) atoms. The SMILES string of the molecule is COC(=O)c1cccc(OC)c1OC(=O)c1cc(OC)ccc1OC. The van der Waals surface area contributed by atoms with E-state index >= 15 is 0 Å². The first kappa shape index (κ1) is 18.1. The average molecular weight is 346 g/mol. The molecular formula is C18H18O7. The second kappa shape index (κ2) is 8.05. The van der Waals surface area contributed by atoms with Crippen molar-refractivity contribution in [2.24, 2.45) is 0 Å². The largest absolute Gasteiger partial charge is 0.497 e. The number of esters is 2. The lowest BCUT2D eigenvalue weighted by atomic mass is 10.1. The minimum atomic E-state index is -0.731. The van der Waals surface area contributed by atoms with Crippen molar-refractivity contribution in [3.63, 3.8) is 0 Å². The molecule has 0 heterocycles. The monoisotopic (exact) mass is 346 g/mol. The van der Waals surface area contributed by atoms with Gasteiger partial charge in [0.2, 0.25) is 0 Å². The van der Waals surface area contributed by atoms with Crippen LogP contribution < -0.4 is 18.9 Å². The lowest BCUT2D eigenvalue weighted by Gasteiger charge is -2.14. The highest BCUT2D eigenvalue weighted by molar-refractivity contribution is 5.98. The maximum absolute atomic E-state index is 12.6. The van der Waals surface area contributed by atoms with Crippen LogP contribution in [-0.2, 0) is 4.74 Å². The molecule has 0 amide bonds. The Hall–Kier alpha value is -3.22.